The first kappa shape index (κ1) is 15.5. The van der Waals surface area contributed by atoms with E-state index in [0.29, 0.717) is 19.6 Å². The third-order valence-corrected chi connectivity index (χ3v) is 3.64. The van der Waals surface area contributed by atoms with Gasteiger partial charge in [0.1, 0.15) is 6.04 Å². The van der Waals surface area contributed by atoms with E-state index in [0.717, 1.165) is 6.42 Å². The number of urea groups is 1. The van der Waals surface area contributed by atoms with Crippen LogP contribution in [0.5, 0.6) is 0 Å². The molecule has 0 aliphatic carbocycles. The number of nitrogens with zero attached hydrogens (tertiary/aromatic N) is 2. The van der Waals surface area contributed by atoms with Gasteiger partial charge >= 0.3 is 6.03 Å². The van der Waals surface area contributed by atoms with E-state index < -0.39 is 0 Å². The van der Waals surface area contributed by atoms with E-state index in [1.165, 1.54) is 16.0 Å². The molecule has 21 heavy (non-hydrogen) atoms. The molecule has 1 fully saturated rings. The highest BCUT2D eigenvalue weighted by molar-refractivity contribution is 6.04. The summed E-state index contributed by atoms with van der Waals surface area (Å²) in [6.45, 7) is 5.08. The summed E-state index contributed by atoms with van der Waals surface area (Å²) in [5.74, 6) is -0.113. The maximum Gasteiger partial charge on any atom is 0.325 e. The van der Waals surface area contributed by atoms with Gasteiger partial charge < -0.3 is 5.32 Å². The van der Waals surface area contributed by atoms with E-state index in [4.69, 9.17) is 0 Å². The van der Waals surface area contributed by atoms with Crippen LogP contribution in [0.25, 0.3) is 0 Å². The number of carbonyl (C=O) groups is 2. The number of carbonyl (C=O) groups excluding carboxylic acids is 2. The molecule has 2 rings (SSSR count). The number of benzene rings is 1. The fourth-order valence-electron chi connectivity index (χ4n) is 2.49. The predicted octanol–water partition coefficient (Wildman–Crippen LogP) is 2.10. The second-order valence-corrected chi connectivity index (χ2v) is 5.70. The van der Waals surface area contributed by atoms with Gasteiger partial charge in [-0.05, 0) is 26.0 Å². The van der Waals surface area contributed by atoms with Crippen molar-refractivity contribution in [2.24, 2.45) is 0 Å². The summed E-state index contributed by atoms with van der Waals surface area (Å²) < 4.78 is 0. The minimum Gasteiger partial charge on any atom is -0.326 e. The Bertz CT molecular complexity index is 513. The molecule has 3 amide bonds. The molecule has 1 atom stereocenters. The Morgan fingerprint density at radius 1 is 1.24 bits per heavy atom. The highest BCUT2D eigenvalue weighted by Crippen LogP contribution is 2.13. The fourth-order valence-corrected chi connectivity index (χ4v) is 2.49. The van der Waals surface area contributed by atoms with Gasteiger partial charge in [0.05, 0.1) is 6.67 Å². The Morgan fingerprint density at radius 3 is 2.52 bits per heavy atom. The summed E-state index contributed by atoms with van der Waals surface area (Å²) in [5, 5.41) is 2.74. The lowest BCUT2D eigenvalue weighted by Crippen LogP contribution is -2.40. The molecule has 1 heterocycles. The van der Waals surface area contributed by atoms with E-state index in [-0.39, 0.29) is 18.0 Å². The van der Waals surface area contributed by atoms with Crippen molar-refractivity contribution in [3.8, 4) is 0 Å². The van der Waals surface area contributed by atoms with Gasteiger partial charge in [0.2, 0.25) is 0 Å². The lowest BCUT2D eigenvalue weighted by atomic mass is 10.1. The topological polar surface area (TPSA) is 52.7 Å². The smallest absolute Gasteiger partial charge is 0.325 e. The number of imide groups is 1. The number of amides is 3. The molecule has 114 valence electrons. The van der Waals surface area contributed by atoms with Gasteiger partial charge in [0.25, 0.3) is 5.91 Å². The van der Waals surface area contributed by atoms with Crippen molar-refractivity contribution in [3.05, 3.63) is 35.4 Å². The lowest BCUT2D eigenvalue weighted by Gasteiger charge is -2.22. The summed E-state index contributed by atoms with van der Waals surface area (Å²) in [4.78, 5) is 27.3. The van der Waals surface area contributed by atoms with Gasteiger partial charge in [0.15, 0.2) is 0 Å². The quantitative estimate of drug-likeness (QED) is 0.816. The average Bonchev–Trinajstić information content (AvgIpc) is 2.70. The molecule has 0 aromatic heterocycles. The summed E-state index contributed by atoms with van der Waals surface area (Å²) in [6, 6.07) is 7.63. The van der Waals surface area contributed by atoms with Crippen molar-refractivity contribution >= 4 is 11.9 Å². The average molecular weight is 289 g/mol. The molecule has 1 aliphatic rings. The molecule has 0 spiro atoms. The van der Waals surface area contributed by atoms with E-state index >= 15 is 0 Å². The molecule has 5 heteroatoms. The van der Waals surface area contributed by atoms with Gasteiger partial charge in [-0.1, -0.05) is 43.2 Å². The van der Waals surface area contributed by atoms with Crippen LogP contribution in [0.4, 0.5) is 4.79 Å². The molecule has 1 N–H and O–H groups in total. The zero-order valence-electron chi connectivity index (χ0n) is 12.9. The molecule has 5 nitrogen and oxygen atoms in total. The van der Waals surface area contributed by atoms with Crippen LogP contribution in [-0.4, -0.2) is 41.5 Å². The van der Waals surface area contributed by atoms with Gasteiger partial charge in [-0.2, -0.15) is 0 Å². The highest BCUT2D eigenvalue weighted by Gasteiger charge is 2.37. The minimum absolute atomic E-state index is 0.113. The zero-order valence-corrected chi connectivity index (χ0v) is 12.9. The van der Waals surface area contributed by atoms with Gasteiger partial charge in [0, 0.05) is 6.54 Å². The molecule has 0 radical (unpaired) electrons. The van der Waals surface area contributed by atoms with Gasteiger partial charge in [-0.25, -0.2) is 9.69 Å². The van der Waals surface area contributed by atoms with Crippen molar-refractivity contribution in [2.45, 2.75) is 39.3 Å². The fraction of sp³-hybridized carbons (Fsp3) is 0.500. The second kappa shape index (κ2) is 6.72. The molecule has 1 aromatic rings. The highest BCUT2D eigenvalue weighted by atomic mass is 16.2. The van der Waals surface area contributed by atoms with E-state index in [1.807, 2.05) is 18.9 Å². The molecule has 0 saturated carbocycles. The van der Waals surface area contributed by atoms with E-state index in [9.17, 15) is 9.59 Å². The third kappa shape index (κ3) is 3.82. The largest absolute Gasteiger partial charge is 0.326 e. The lowest BCUT2D eigenvalue weighted by molar-refractivity contribution is -0.129. The van der Waals surface area contributed by atoms with Crippen LogP contribution in [0.3, 0.4) is 0 Å². The summed E-state index contributed by atoms with van der Waals surface area (Å²) in [7, 11) is 1.91. The third-order valence-electron chi connectivity index (χ3n) is 3.64. The predicted molar refractivity (Wildman–Crippen MR) is 81.6 cm³/mol. The Balaban J connectivity index is 1.93. The van der Waals surface area contributed by atoms with Gasteiger partial charge in [-0.3, -0.25) is 9.69 Å². The number of rotatable bonds is 6. The van der Waals surface area contributed by atoms with Crippen LogP contribution >= 0.6 is 0 Å². The zero-order chi connectivity index (χ0) is 15.4. The van der Waals surface area contributed by atoms with Crippen molar-refractivity contribution in [3.63, 3.8) is 0 Å². The molecular formula is C16H23N3O2. The first-order valence-corrected chi connectivity index (χ1v) is 7.37. The standard InChI is InChI=1S/C16H23N3O2/c1-4-5-14-15(20)19(16(21)17-14)11-18(3)10-13-8-6-12(2)7-9-13/h6-9,14H,4-5,10-11H2,1-3H3,(H,17,21)/t14-/m0/s1. The molecular weight excluding hydrogens is 266 g/mol. The summed E-state index contributed by atoms with van der Waals surface area (Å²) >= 11 is 0. The Hall–Kier alpha value is -1.88. The Labute approximate surface area is 125 Å². The van der Waals surface area contributed by atoms with Crippen LogP contribution in [0.15, 0.2) is 24.3 Å². The van der Waals surface area contributed by atoms with Crippen molar-refractivity contribution < 1.29 is 9.59 Å². The number of nitrogens with one attached hydrogen (secondary N) is 1. The van der Waals surface area contributed by atoms with Crippen LogP contribution < -0.4 is 5.32 Å². The molecule has 1 saturated heterocycles. The van der Waals surface area contributed by atoms with Crippen molar-refractivity contribution in [1.82, 2.24) is 15.1 Å². The second-order valence-electron chi connectivity index (χ2n) is 5.70. The molecule has 1 aromatic carbocycles. The first-order chi connectivity index (χ1) is 10.0. The maximum atomic E-state index is 12.2. The van der Waals surface area contributed by atoms with Crippen LogP contribution in [-0.2, 0) is 11.3 Å². The SMILES string of the molecule is CCC[C@@H]1NC(=O)N(CN(C)Cc2ccc(C)cc2)C1=O. The summed E-state index contributed by atoms with van der Waals surface area (Å²) in [5.41, 5.74) is 2.39. The van der Waals surface area contributed by atoms with E-state index in [2.05, 4.69) is 36.5 Å². The Morgan fingerprint density at radius 2 is 1.90 bits per heavy atom. The van der Waals surface area contributed by atoms with Crippen LogP contribution in [0.1, 0.15) is 30.9 Å². The van der Waals surface area contributed by atoms with Gasteiger partial charge in [-0.15, -0.1) is 0 Å². The van der Waals surface area contributed by atoms with Crippen molar-refractivity contribution in [2.75, 3.05) is 13.7 Å². The Kier molecular flexibility index (Phi) is 4.96. The van der Waals surface area contributed by atoms with Crippen LogP contribution in [0, 0.1) is 6.92 Å². The number of hydrogen-bond donors (Lipinski definition) is 1. The molecule has 0 bridgehead atoms. The molecule has 1 aliphatic heterocycles. The van der Waals surface area contributed by atoms with Crippen molar-refractivity contribution in [1.29, 1.82) is 0 Å². The van der Waals surface area contributed by atoms with Crippen LogP contribution in [0.2, 0.25) is 0 Å². The molecule has 0 unspecified atom stereocenters. The number of aryl methyl sites for hydroxylation is 1. The van der Waals surface area contributed by atoms with E-state index in [1.54, 1.807) is 0 Å². The summed E-state index contributed by atoms with van der Waals surface area (Å²) in [6.07, 6.45) is 1.58. The monoisotopic (exact) mass is 289 g/mol. The minimum atomic E-state index is -0.352. The number of hydrogen-bond acceptors (Lipinski definition) is 3. The first-order valence-electron chi connectivity index (χ1n) is 7.37. The maximum absolute atomic E-state index is 12.2. The normalized spacial score (nSPS) is 18.5.